The molecule has 0 amide bonds. The molecule has 2 rings (SSSR count). The Balaban J connectivity index is 1.89. The fraction of sp³-hybridized carbons (Fsp3) is 0.357. The van der Waals surface area contributed by atoms with E-state index >= 15 is 0 Å². The highest BCUT2D eigenvalue weighted by atomic mass is 32.2. The van der Waals surface area contributed by atoms with E-state index in [1.165, 1.54) is 0 Å². The van der Waals surface area contributed by atoms with Gasteiger partial charge in [0, 0.05) is 0 Å². The van der Waals surface area contributed by atoms with Gasteiger partial charge in [-0.3, -0.25) is 4.72 Å². The molecule has 0 fully saturated rings. The molecule has 0 aromatic carbocycles. The number of nitrogens with zero attached hydrogens (tertiary/aromatic N) is 1. The third kappa shape index (κ3) is 5.11. The molecule has 7 heteroatoms. The average Bonchev–Trinajstić information content (AvgIpc) is 2.97. The SMILES string of the molecule is CCCCS(=O)(=O)Nc1ccc(NCc2ccco2)cn1. The highest BCUT2D eigenvalue weighted by Crippen LogP contribution is 2.13. The van der Waals surface area contributed by atoms with Crippen LogP contribution in [0.4, 0.5) is 11.5 Å². The van der Waals surface area contributed by atoms with Crippen LogP contribution in [0.5, 0.6) is 0 Å². The highest BCUT2D eigenvalue weighted by molar-refractivity contribution is 7.92. The van der Waals surface area contributed by atoms with Crippen molar-refractivity contribution in [3.05, 3.63) is 42.5 Å². The van der Waals surface area contributed by atoms with E-state index in [1.807, 2.05) is 19.1 Å². The van der Waals surface area contributed by atoms with E-state index in [1.54, 1.807) is 24.6 Å². The Morgan fingerprint density at radius 2 is 2.14 bits per heavy atom. The standard InChI is InChI=1S/C14H19N3O3S/c1-2-3-9-21(18,19)17-14-7-6-12(10-16-14)15-11-13-5-4-8-20-13/h4-8,10,15H,2-3,9,11H2,1H3,(H,16,17). The third-order valence-electron chi connectivity index (χ3n) is 2.84. The van der Waals surface area contributed by atoms with Gasteiger partial charge in [0.1, 0.15) is 11.6 Å². The fourth-order valence-electron chi connectivity index (χ4n) is 1.71. The van der Waals surface area contributed by atoms with Crippen LogP contribution in [0.2, 0.25) is 0 Å². The van der Waals surface area contributed by atoms with Crippen LogP contribution in [0.25, 0.3) is 0 Å². The molecule has 0 saturated carbocycles. The van der Waals surface area contributed by atoms with Gasteiger partial charge in [-0.1, -0.05) is 13.3 Å². The van der Waals surface area contributed by atoms with E-state index in [9.17, 15) is 8.42 Å². The molecule has 0 radical (unpaired) electrons. The van der Waals surface area contributed by atoms with Gasteiger partial charge in [-0.2, -0.15) is 0 Å². The van der Waals surface area contributed by atoms with Crippen molar-refractivity contribution in [2.75, 3.05) is 15.8 Å². The van der Waals surface area contributed by atoms with Gasteiger partial charge in [0.05, 0.1) is 30.4 Å². The van der Waals surface area contributed by atoms with Crippen molar-refractivity contribution in [1.29, 1.82) is 0 Å². The summed E-state index contributed by atoms with van der Waals surface area (Å²) in [5.41, 5.74) is 0.794. The number of furan rings is 1. The molecular weight excluding hydrogens is 290 g/mol. The van der Waals surface area contributed by atoms with Gasteiger partial charge in [-0.15, -0.1) is 0 Å². The van der Waals surface area contributed by atoms with Crippen molar-refractivity contribution in [3.8, 4) is 0 Å². The minimum Gasteiger partial charge on any atom is -0.467 e. The smallest absolute Gasteiger partial charge is 0.233 e. The van der Waals surface area contributed by atoms with Gasteiger partial charge in [0.25, 0.3) is 0 Å². The summed E-state index contributed by atoms with van der Waals surface area (Å²) in [6.45, 7) is 2.50. The van der Waals surface area contributed by atoms with Crippen LogP contribution in [-0.4, -0.2) is 19.2 Å². The van der Waals surface area contributed by atoms with E-state index in [-0.39, 0.29) is 5.75 Å². The van der Waals surface area contributed by atoms with Gasteiger partial charge in [-0.25, -0.2) is 13.4 Å². The second kappa shape index (κ2) is 7.12. The van der Waals surface area contributed by atoms with Crippen molar-refractivity contribution in [2.24, 2.45) is 0 Å². The third-order valence-corrected chi connectivity index (χ3v) is 4.18. The molecule has 0 aliphatic rings. The Bertz CT molecular complexity index is 637. The first kappa shape index (κ1) is 15.4. The maximum Gasteiger partial charge on any atom is 0.233 e. The summed E-state index contributed by atoms with van der Waals surface area (Å²) in [4.78, 5) is 4.09. The summed E-state index contributed by atoms with van der Waals surface area (Å²) >= 11 is 0. The Kier molecular flexibility index (Phi) is 5.21. The number of anilines is 2. The molecule has 0 aliphatic heterocycles. The van der Waals surface area contributed by atoms with Crippen LogP contribution in [0.3, 0.4) is 0 Å². The predicted molar refractivity (Wildman–Crippen MR) is 82.6 cm³/mol. The molecule has 114 valence electrons. The number of hydrogen-bond donors (Lipinski definition) is 2. The van der Waals surface area contributed by atoms with E-state index in [4.69, 9.17) is 4.42 Å². The fourth-order valence-corrected chi connectivity index (χ4v) is 2.92. The van der Waals surface area contributed by atoms with E-state index in [0.29, 0.717) is 18.8 Å². The Labute approximate surface area is 124 Å². The quantitative estimate of drug-likeness (QED) is 0.783. The number of unbranched alkanes of at least 4 members (excludes halogenated alkanes) is 1. The molecule has 0 bridgehead atoms. The van der Waals surface area contributed by atoms with Crippen molar-refractivity contribution in [2.45, 2.75) is 26.3 Å². The predicted octanol–water partition coefficient (Wildman–Crippen LogP) is 2.83. The molecule has 2 N–H and O–H groups in total. The number of rotatable bonds is 8. The van der Waals surface area contributed by atoms with Gasteiger partial charge >= 0.3 is 0 Å². The first-order chi connectivity index (χ1) is 10.1. The Morgan fingerprint density at radius 3 is 2.76 bits per heavy atom. The summed E-state index contributed by atoms with van der Waals surface area (Å²) in [7, 11) is -3.31. The molecule has 2 aromatic heterocycles. The topological polar surface area (TPSA) is 84.2 Å². The van der Waals surface area contributed by atoms with Gasteiger partial charge < -0.3 is 9.73 Å². The lowest BCUT2D eigenvalue weighted by Crippen LogP contribution is -2.17. The summed E-state index contributed by atoms with van der Waals surface area (Å²) in [5.74, 6) is 1.26. The van der Waals surface area contributed by atoms with E-state index in [2.05, 4.69) is 15.0 Å². The molecule has 0 unspecified atom stereocenters. The Morgan fingerprint density at radius 1 is 1.29 bits per heavy atom. The molecule has 6 nitrogen and oxygen atoms in total. The van der Waals surface area contributed by atoms with Crippen molar-refractivity contribution in [3.63, 3.8) is 0 Å². The molecule has 0 atom stereocenters. The molecule has 0 saturated heterocycles. The van der Waals surface area contributed by atoms with Crippen LogP contribution in [-0.2, 0) is 16.6 Å². The molecule has 0 spiro atoms. The summed E-state index contributed by atoms with van der Waals surface area (Å²) < 4.78 is 31.2. The second-order valence-electron chi connectivity index (χ2n) is 4.64. The van der Waals surface area contributed by atoms with Crippen LogP contribution in [0.1, 0.15) is 25.5 Å². The molecule has 0 aliphatic carbocycles. The minimum absolute atomic E-state index is 0.115. The largest absolute Gasteiger partial charge is 0.467 e. The number of sulfonamides is 1. The highest BCUT2D eigenvalue weighted by Gasteiger charge is 2.10. The van der Waals surface area contributed by atoms with Gasteiger partial charge in [-0.05, 0) is 30.7 Å². The maximum absolute atomic E-state index is 11.7. The van der Waals surface area contributed by atoms with Crippen LogP contribution in [0.15, 0.2) is 41.1 Å². The van der Waals surface area contributed by atoms with Crippen LogP contribution >= 0.6 is 0 Å². The summed E-state index contributed by atoms with van der Waals surface area (Å²) in [6.07, 6.45) is 4.67. The minimum atomic E-state index is -3.31. The number of aromatic nitrogens is 1. The normalized spacial score (nSPS) is 11.3. The summed E-state index contributed by atoms with van der Waals surface area (Å²) in [5, 5.41) is 3.14. The van der Waals surface area contributed by atoms with Crippen molar-refractivity contribution < 1.29 is 12.8 Å². The zero-order valence-electron chi connectivity index (χ0n) is 11.9. The Hall–Kier alpha value is -2.02. The average molecular weight is 309 g/mol. The molecular formula is C14H19N3O3S. The first-order valence-corrected chi connectivity index (χ1v) is 8.47. The lowest BCUT2D eigenvalue weighted by Gasteiger charge is -2.08. The molecule has 21 heavy (non-hydrogen) atoms. The lowest BCUT2D eigenvalue weighted by molar-refractivity contribution is 0.518. The maximum atomic E-state index is 11.7. The second-order valence-corrected chi connectivity index (χ2v) is 6.48. The molecule has 2 heterocycles. The van der Waals surface area contributed by atoms with Crippen LogP contribution in [0, 0.1) is 0 Å². The van der Waals surface area contributed by atoms with Gasteiger partial charge in [0.15, 0.2) is 0 Å². The lowest BCUT2D eigenvalue weighted by atomic mass is 10.4. The number of nitrogens with one attached hydrogen (secondary N) is 2. The molecule has 2 aromatic rings. The summed E-state index contributed by atoms with van der Waals surface area (Å²) in [6, 6.07) is 7.10. The number of pyridine rings is 1. The number of hydrogen-bond acceptors (Lipinski definition) is 5. The monoisotopic (exact) mass is 309 g/mol. The first-order valence-electron chi connectivity index (χ1n) is 6.82. The van der Waals surface area contributed by atoms with Crippen LogP contribution < -0.4 is 10.0 Å². The zero-order chi connectivity index (χ0) is 15.1. The van der Waals surface area contributed by atoms with Gasteiger partial charge in [0.2, 0.25) is 10.0 Å². The van der Waals surface area contributed by atoms with E-state index < -0.39 is 10.0 Å². The van der Waals surface area contributed by atoms with Crippen molar-refractivity contribution in [1.82, 2.24) is 4.98 Å². The zero-order valence-corrected chi connectivity index (χ0v) is 12.7. The van der Waals surface area contributed by atoms with E-state index in [0.717, 1.165) is 17.9 Å². The van der Waals surface area contributed by atoms with Crippen molar-refractivity contribution >= 4 is 21.5 Å².